The first-order valence-electron chi connectivity index (χ1n) is 8.28. The number of carbonyl (C=O) groups excluding carboxylic acids is 1. The Bertz CT molecular complexity index is 359. The summed E-state index contributed by atoms with van der Waals surface area (Å²) in [4.78, 5) is 12.6. The van der Waals surface area contributed by atoms with Crippen LogP contribution in [0.1, 0.15) is 67.2 Å². The van der Waals surface area contributed by atoms with Gasteiger partial charge in [0.15, 0.2) is 0 Å². The van der Waals surface area contributed by atoms with Crippen LogP contribution in [0.25, 0.3) is 0 Å². The van der Waals surface area contributed by atoms with E-state index in [-0.39, 0.29) is 22.7 Å². The van der Waals surface area contributed by atoms with Crippen molar-refractivity contribution >= 4 is 5.97 Å². The number of esters is 1. The maximum atomic E-state index is 12.6. The SMILES string of the molecule is CCC(C)(C)CC1COCC1(CC(C)(C)CC)C(=O)OC. The van der Waals surface area contributed by atoms with Crippen LogP contribution in [0, 0.1) is 22.2 Å². The van der Waals surface area contributed by atoms with Crippen LogP contribution in [0.4, 0.5) is 0 Å². The Morgan fingerprint density at radius 3 is 2.24 bits per heavy atom. The lowest BCUT2D eigenvalue weighted by atomic mass is 9.63. The molecule has 0 aromatic carbocycles. The minimum Gasteiger partial charge on any atom is -0.469 e. The van der Waals surface area contributed by atoms with E-state index in [1.165, 1.54) is 7.11 Å². The third-order valence-corrected chi connectivity index (χ3v) is 5.56. The lowest BCUT2D eigenvalue weighted by Crippen LogP contribution is -2.44. The van der Waals surface area contributed by atoms with Crippen molar-refractivity contribution in [2.75, 3.05) is 20.3 Å². The summed E-state index contributed by atoms with van der Waals surface area (Å²) in [5.41, 5.74) is -0.120. The molecule has 0 spiro atoms. The molecule has 0 bridgehead atoms. The van der Waals surface area contributed by atoms with Gasteiger partial charge in [0, 0.05) is 5.92 Å². The van der Waals surface area contributed by atoms with Gasteiger partial charge < -0.3 is 9.47 Å². The standard InChI is InChI=1S/C18H34O3/c1-8-16(3,4)10-14-11-21-13-18(14,15(19)20-7)12-17(5,6)9-2/h14H,8-13H2,1-7H3. The van der Waals surface area contributed by atoms with Crippen LogP contribution in [0.15, 0.2) is 0 Å². The second kappa shape index (κ2) is 6.68. The third kappa shape index (κ3) is 4.21. The van der Waals surface area contributed by atoms with Gasteiger partial charge in [0.05, 0.1) is 25.7 Å². The lowest BCUT2D eigenvalue weighted by Gasteiger charge is -2.40. The van der Waals surface area contributed by atoms with Gasteiger partial charge in [-0.15, -0.1) is 0 Å². The van der Waals surface area contributed by atoms with Crippen LogP contribution >= 0.6 is 0 Å². The number of hydrogen-bond donors (Lipinski definition) is 0. The molecule has 1 fully saturated rings. The molecule has 0 aromatic rings. The van der Waals surface area contributed by atoms with Crippen LogP contribution in [-0.2, 0) is 14.3 Å². The fourth-order valence-corrected chi connectivity index (χ4v) is 3.40. The molecule has 3 nitrogen and oxygen atoms in total. The van der Waals surface area contributed by atoms with Gasteiger partial charge in [0.25, 0.3) is 0 Å². The number of rotatable bonds is 7. The van der Waals surface area contributed by atoms with Crippen LogP contribution in [0.3, 0.4) is 0 Å². The molecule has 0 saturated carbocycles. The normalized spacial score (nSPS) is 26.9. The Hall–Kier alpha value is -0.570. The van der Waals surface area contributed by atoms with Crippen molar-refractivity contribution in [1.29, 1.82) is 0 Å². The Morgan fingerprint density at radius 2 is 1.76 bits per heavy atom. The fraction of sp³-hybridized carbons (Fsp3) is 0.944. The van der Waals surface area contributed by atoms with E-state index in [2.05, 4.69) is 41.5 Å². The van der Waals surface area contributed by atoms with Gasteiger partial charge in [-0.1, -0.05) is 54.4 Å². The van der Waals surface area contributed by atoms with E-state index in [1.807, 2.05) is 0 Å². The summed E-state index contributed by atoms with van der Waals surface area (Å²) < 4.78 is 11.0. The molecule has 124 valence electrons. The summed E-state index contributed by atoms with van der Waals surface area (Å²) in [5, 5.41) is 0. The average molecular weight is 298 g/mol. The predicted octanol–water partition coefficient (Wildman–Crippen LogP) is 4.44. The van der Waals surface area contributed by atoms with Crippen LogP contribution < -0.4 is 0 Å². The van der Waals surface area contributed by atoms with Crippen molar-refractivity contribution in [3.63, 3.8) is 0 Å². The monoisotopic (exact) mass is 298 g/mol. The van der Waals surface area contributed by atoms with Gasteiger partial charge in [-0.05, 0) is 23.7 Å². The second-order valence-corrected chi connectivity index (χ2v) is 8.28. The molecule has 21 heavy (non-hydrogen) atoms. The Labute approximate surface area is 130 Å². The molecule has 0 amide bonds. The van der Waals surface area contributed by atoms with E-state index in [9.17, 15) is 4.79 Å². The van der Waals surface area contributed by atoms with Crippen LogP contribution in [0.5, 0.6) is 0 Å². The number of hydrogen-bond acceptors (Lipinski definition) is 3. The van der Waals surface area contributed by atoms with Crippen LogP contribution in [0.2, 0.25) is 0 Å². The second-order valence-electron chi connectivity index (χ2n) is 8.28. The van der Waals surface area contributed by atoms with E-state index >= 15 is 0 Å². The summed E-state index contributed by atoms with van der Waals surface area (Å²) in [6.07, 6.45) is 4.01. The quantitative estimate of drug-likeness (QED) is 0.652. The lowest BCUT2D eigenvalue weighted by molar-refractivity contribution is -0.158. The van der Waals surface area contributed by atoms with Crippen LogP contribution in [-0.4, -0.2) is 26.3 Å². The van der Waals surface area contributed by atoms with Gasteiger partial charge >= 0.3 is 5.97 Å². The molecule has 1 aliphatic rings. The zero-order chi connectivity index (χ0) is 16.3. The highest BCUT2D eigenvalue weighted by atomic mass is 16.5. The highest BCUT2D eigenvalue weighted by Gasteiger charge is 2.54. The van der Waals surface area contributed by atoms with Crippen molar-refractivity contribution < 1.29 is 14.3 Å². The Kier molecular flexibility index (Phi) is 5.88. The summed E-state index contributed by atoms with van der Waals surface area (Å²) in [6, 6.07) is 0. The van der Waals surface area contributed by atoms with Crippen molar-refractivity contribution in [2.45, 2.75) is 67.2 Å². The van der Waals surface area contributed by atoms with Crippen molar-refractivity contribution in [3.8, 4) is 0 Å². The van der Waals surface area contributed by atoms with Gasteiger partial charge in [-0.3, -0.25) is 4.79 Å². The molecular formula is C18H34O3. The van der Waals surface area contributed by atoms with E-state index < -0.39 is 5.41 Å². The van der Waals surface area contributed by atoms with Gasteiger partial charge in [0.1, 0.15) is 0 Å². The molecule has 0 aromatic heterocycles. The molecule has 1 aliphatic heterocycles. The van der Waals surface area contributed by atoms with Gasteiger partial charge in [-0.25, -0.2) is 0 Å². The molecule has 1 saturated heterocycles. The molecule has 1 heterocycles. The molecule has 2 atom stereocenters. The summed E-state index contributed by atoms with van der Waals surface area (Å²) in [6.45, 7) is 14.6. The first kappa shape index (κ1) is 18.5. The first-order valence-corrected chi connectivity index (χ1v) is 8.28. The van der Waals surface area contributed by atoms with Gasteiger partial charge in [-0.2, -0.15) is 0 Å². The molecule has 1 rings (SSSR count). The number of ether oxygens (including phenoxy) is 2. The van der Waals surface area contributed by atoms with Crippen molar-refractivity contribution in [1.82, 2.24) is 0 Å². The molecule has 0 aliphatic carbocycles. The van der Waals surface area contributed by atoms with E-state index in [4.69, 9.17) is 9.47 Å². The average Bonchev–Trinajstić information content (AvgIpc) is 2.80. The fourth-order valence-electron chi connectivity index (χ4n) is 3.40. The minimum atomic E-state index is -0.472. The summed E-state index contributed by atoms with van der Waals surface area (Å²) >= 11 is 0. The Morgan fingerprint density at radius 1 is 1.19 bits per heavy atom. The molecule has 0 radical (unpaired) electrons. The molecule has 3 heteroatoms. The highest BCUT2D eigenvalue weighted by Crippen LogP contribution is 2.50. The minimum absolute atomic E-state index is 0.0848. The van der Waals surface area contributed by atoms with E-state index in [0.717, 1.165) is 25.7 Å². The topological polar surface area (TPSA) is 35.5 Å². The largest absolute Gasteiger partial charge is 0.469 e. The molecule has 2 unspecified atom stereocenters. The summed E-state index contributed by atoms with van der Waals surface area (Å²) in [7, 11) is 1.50. The maximum Gasteiger partial charge on any atom is 0.314 e. The number of methoxy groups -OCH3 is 1. The zero-order valence-corrected chi connectivity index (χ0v) is 15.0. The van der Waals surface area contributed by atoms with E-state index in [0.29, 0.717) is 13.2 Å². The predicted molar refractivity (Wildman–Crippen MR) is 86.1 cm³/mol. The molecular weight excluding hydrogens is 264 g/mol. The van der Waals surface area contributed by atoms with E-state index in [1.54, 1.807) is 0 Å². The zero-order valence-electron chi connectivity index (χ0n) is 15.0. The maximum absolute atomic E-state index is 12.6. The number of carbonyl (C=O) groups is 1. The van der Waals surface area contributed by atoms with Crippen molar-refractivity contribution in [2.24, 2.45) is 22.2 Å². The van der Waals surface area contributed by atoms with Gasteiger partial charge in [0.2, 0.25) is 0 Å². The first-order chi connectivity index (χ1) is 9.62. The third-order valence-electron chi connectivity index (χ3n) is 5.56. The smallest absolute Gasteiger partial charge is 0.314 e. The van der Waals surface area contributed by atoms with Crippen molar-refractivity contribution in [3.05, 3.63) is 0 Å². The molecule has 0 N–H and O–H groups in total. The summed E-state index contributed by atoms with van der Waals surface area (Å²) in [5.74, 6) is 0.171. The Balaban J connectivity index is 3.07. The highest BCUT2D eigenvalue weighted by molar-refractivity contribution is 5.77.